The van der Waals surface area contributed by atoms with Crippen LogP contribution in [-0.2, 0) is 4.74 Å². The zero-order chi connectivity index (χ0) is 16.3. The van der Waals surface area contributed by atoms with Gasteiger partial charge in [-0.25, -0.2) is 4.79 Å². The molecule has 0 spiro atoms. The highest BCUT2D eigenvalue weighted by atomic mass is 35.5. The third kappa shape index (κ3) is 5.14. The van der Waals surface area contributed by atoms with Crippen molar-refractivity contribution in [3.8, 4) is 0 Å². The molecule has 0 aromatic carbocycles. The summed E-state index contributed by atoms with van der Waals surface area (Å²) in [4.78, 5) is 13.8. The van der Waals surface area contributed by atoms with Crippen LogP contribution in [0.1, 0.15) is 45.7 Å². The number of thiophene rings is 1. The van der Waals surface area contributed by atoms with E-state index in [2.05, 4.69) is 17.6 Å². The first kappa shape index (κ1) is 17.6. The molecule has 2 heterocycles. The second kappa shape index (κ2) is 7.20. The van der Waals surface area contributed by atoms with E-state index in [1.807, 2.05) is 31.7 Å². The van der Waals surface area contributed by atoms with Gasteiger partial charge in [0, 0.05) is 25.7 Å². The van der Waals surface area contributed by atoms with Crippen LogP contribution in [0.5, 0.6) is 0 Å². The monoisotopic (exact) mass is 344 g/mol. The van der Waals surface area contributed by atoms with E-state index in [1.165, 1.54) is 5.56 Å². The van der Waals surface area contributed by atoms with Gasteiger partial charge in [-0.05, 0) is 57.0 Å². The van der Waals surface area contributed by atoms with Crippen molar-refractivity contribution in [1.82, 2.24) is 10.2 Å². The summed E-state index contributed by atoms with van der Waals surface area (Å²) >= 11 is 7.53. The molecule has 0 aliphatic carbocycles. The minimum absolute atomic E-state index is 0.201. The van der Waals surface area contributed by atoms with E-state index in [9.17, 15) is 4.79 Å². The smallest absolute Gasteiger partial charge is 0.410 e. The Labute approximate surface area is 141 Å². The van der Waals surface area contributed by atoms with Gasteiger partial charge in [0.1, 0.15) is 5.60 Å². The minimum Gasteiger partial charge on any atom is -0.444 e. The van der Waals surface area contributed by atoms with E-state index in [-0.39, 0.29) is 12.1 Å². The van der Waals surface area contributed by atoms with Gasteiger partial charge in [-0.1, -0.05) is 11.6 Å². The Hall–Kier alpha value is -0.780. The van der Waals surface area contributed by atoms with Crippen LogP contribution < -0.4 is 5.32 Å². The molecule has 1 aliphatic rings. The second-order valence-corrected chi connectivity index (χ2v) is 8.44. The number of carbonyl (C=O) groups excluding carboxylic acids is 1. The molecule has 1 aliphatic heterocycles. The molecule has 2 rings (SSSR count). The molecule has 1 aromatic heterocycles. The molecule has 1 amide bonds. The molecule has 6 heteroatoms. The number of ether oxygens (including phenoxy) is 1. The Morgan fingerprint density at radius 2 is 2.32 bits per heavy atom. The number of halogens is 1. The number of hydrogen-bond donors (Lipinski definition) is 1. The van der Waals surface area contributed by atoms with Crippen molar-refractivity contribution < 1.29 is 9.53 Å². The molecule has 0 saturated carbocycles. The van der Waals surface area contributed by atoms with E-state index in [0.29, 0.717) is 5.92 Å². The normalized spacial score (nSPS) is 20.2. The predicted octanol–water partition coefficient (Wildman–Crippen LogP) is 4.31. The summed E-state index contributed by atoms with van der Waals surface area (Å²) in [5, 5.41) is 5.62. The SMILES string of the molecule is CC(NCC1CCN(C(=O)OC(C)(C)C)C1)c1csc(Cl)c1. The van der Waals surface area contributed by atoms with Gasteiger partial charge >= 0.3 is 6.09 Å². The van der Waals surface area contributed by atoms with E-state index in [1.54, 1.807) is 11.3 Å². The Morgan fingerprint density at radius 3 is 2.91 bits per heavy atom. The topological polar surface area (TPSA) is 41.6 Å². The van der Waals surface area contributed by atoms with Crippen LogP contribution in [0.4, 0.5) is 4.79 Å². The molecular formula is C16H25ClN2O2S. The van der Waals surface area contributed by atoms with Crippen molar-refractivity contribution in [2.75, 3.05) is 19.6 Å². The van der Waals surface area contributed by atoms with E-state index < -0.39 is 5.60 Å². The lowest BCUT2D eigenvalue weighted by atomic mass is 10.1. The van der Waals surface area contributed by atoms with E-state index >= 15 is 0 Å². The van der Waals surface area contributed by atoms with Crippen molar-refractivity contribution in [3.05, 3.63) is 21.3 Å². The molecular weight excluding hydrogens is 320 g/mol. The minimum atomic E-state index is -0.430. The summed E-state index contributed by atoms with van der Waals surface area (Å²) in [7, 11) is 0. The zero-order valence-corrected chi connectivity index (χ0v) is 15.3. The first-order valence-corrected chi connectivity index (χ1v) is 8.95. The van der Waals surface area contributed by atoms with E-state index in [4.69, 9.17) is 16.3 Å². The number of likely N-dealkylation sites (tertiary alicyclic amines) is 1. The Kier molecular flexibility index (Phi) is 5.75. The van der Waals surface area contributed by atoms with Crippen LogP contribution in [0.15, 0.2) is 11.4 Å². The summed E-state index contributed by atoms with van der Waals surface area (Å²) in [6.45, 7) is 10.3. The molecule has 124 valence electrons. The molecule has 2 unspecified atom stereocenters. The van der Waals surface area contributed by atoms with E-state index in [0.717, 1.165) is 30.4 Å². The van der Waals surface area contributed by atoms with Gasteiger partial charge in [-0.2, -0.15) is 0 Å². The molecule has 0 bridgehead atoms. The van der Waals surface area contributed by atoms with Crippen molar-refractivity contribution in [3.63, 3.8) is 0 Å². The predicted molar refractivity (Wildman–Crippen MR) is 91.7 cm³/mol. The number of amides is 1. The first-order valence-electron chi connectivity index (χ1n) is 7.70. The van der Waals surface area contributed by atoms with Crippen molar-refractivity contribution in [2.24, 2.45) is 5.92 Å². The van der Waals surface area contributed by atoms with Gasteiger partial charge in [0.25, 0.3) is 0 Å². The highest BCUT2D eigenvalue weighted by Crippen LogP contribution is 2.25. The molecule has 0 radical (unpaired) electrons. The van der Waals surface area contributed by atoms with Crippen molar-refractivity contribution in [2.45, 2.75) is 45.8 Å². The average molecular weight is 345 g/mol. The highest BCUT2D eigenvalue weighted by molar-refractivity contribution is 7.14. The van der Waals surface area contributed by atoms with Crippen LogP contribution >= 0.6 is 22.9 Å². The summed E-state index contributed by atoms with van der Waals surface area (Å²) in [6, 6.07) is 2.28. The molecule has 1 fully saturated rings. The number of hydrogen-bond acceptors (Lipinski definition) is 4. The molecule has 22 heavy (non-hydrogen) atoms. The van der Waals surface area contributed by atoms with Crippen LogP contribution in [-0.4, -0.2) is 36.2 Å². The van der Waals surface area contributed by atoms with Crippen LogP contribution in [0.25, 0.3) is 0 Å². The third-order valence-electron chi connectivity index (χ3n) is 3.74. The first-order chi connectivity index (χ1) is 10.2. The molecule has 4 nitrogen and oxygen atoms in total. The zero-order valence-electron chi connectivity index (χ0n) is 13.7. The Morgan fingerprint density at radius 1 is 1.59 bits per heavy atom. The van der Waals surface area contributed by atoms with Crippen LogP contribution in [0, 0.1) is 5.92 Å². The summed E-state index contributed by atoms with van der Waals surface area (Å²) in [5.74, 6) is 0.476. The Bertz CT molecular complexity index is 512. The van der Waals surface area contributed by atoms with Crippen molar-refractivity contribution in [1.29, 1.82) is 0 Å². The standard InChI is InChI=1S/C16H25ClN2O2S/c1-11(13-7-14(17)22-10-13)18-8-12-5-6-19(9-12)15(20)21-16(2,3)4/h7,10-12,18H,5-6,8-9H2,1-4H3. The maximum atomic E-state index is 12.0. The van der Waals surface area contributed by atoms with Crippen LogP contribution in [0.3, 0.4) is 0 Å². The van der Waals surface area contributed by atoms with Gasteiger partial charge in [-0.15, -0.1) is 11.3 Å². The molecule has 1 saturated heterocycles. The molecule has 2 atom stereocenters. The lowest BCUT2D eigenvalue weighted by Gasteiger charge is -2.24. The highest BCUT2D eigenvalue weighted by Gasteiger charge is 2.29. The quantitative estimate of drug-likeness (QED) is 0.884. The summed E-state index contributed by atoms with van der Waals surface area (Å²) < 4.78 is 6.24. The van der Waals surface area contributed by atoms with Crippen LogP contribution in [0.2, 0.25) is 4.34 Å². The van der Waals surface area contributed by atoms with Gasteiger partial charge in [-0.3, -0.25) is 0 Å². The largest absolute Gasteiger partial charge is 0.444 e. The van der Waals surface area contributed by atoms with Gasteiger partial charge in [0.15, 0.2) is 0 Å². The average Bonchev–Trinajstić information content (AvgIpc) is 3.02. The molecule has 1 aromatic rings. The fourth-order valence-corrected chi connectivity index (χ4v) is 3.49. The number of rotatable bonds is 4. The van der Waals surface area contributed by atoms with Gasteiger partial charge < -0.3 is 15.0 Å². The van der Waals surface area contributed by atoms with Gasteiger partial charge in [0.2, 0.25) is 0 Å². The fourth-order valence-electron chi connectivity index (χ4n) is 2.50. The van der Waals surface area contributed by atoms with Crippen molar-refractivity contribution >= 4 is 29.0 Å². The lowest BCUT2D eigenvalue weighted by molar-refractivity contribution is 0.0288. The number of nitrogens with zero attached hydrogens (tertiary/aromatic N) is 1. The maximum absolute atomic E-state index is 12.0. The lowest BCUT2D eigenvalue weighted by Crippen LogP contribution is -2.36. The summed E-state index contributed by atoms with van der Waals surface area (Å²) in [6.07, 6.45) is 0.816. The molecule has 1 N–H and O–H groups in total. The Balaban J connectivity index is 1.75. The number of nitrogens with one attached hydrogen (secondary N) is 1. The fraction of sp³-hybridized carbons (Fsp3) is 0.688. The summed E-state index contributed by atoms with van der Waals surface area (Å²) in [5.41, 5.74) is 0.789. The second-order valence-electron chi connectivity index (χ2n) is 6.90. The van der Waals surface area contributed by atoms with Gasteiger partial charge in [0.05, 0.1) is 4.34 Å². The maximum Gasteiger partial charge on any atom is 0.410 e. The number of carbonyl (C=O) groups is 1. The third-order valence-corrected chi connectivity index (χ3v) is 4.85.